The van der Waals surface area contributed by atoms with Crippen LogP contribution in [-0.4, -0.2) is 63.8 Å². The summed E-state index contributed by atoms with van der Waals surface area (Å²) in [6.45, 7) is 4.72. The van der Waals surface area contributed by atoms with E-state index in [9.17, 15) is 13.2 Å². The van der Waals surface area contributed by atoms with Crippen molar-refractivity contribution in [3.05, 3.63) is 5.82 Å². The molecule has 1 aromatic rings. The van der Waals surface area contributed by atoms with Gasteiger partial charge >= 0.3 is 0 Å². The van der Waals surface area contributed by atoms with Crippen LogP contribution in [0.25, 0.3) is 0 Å². The van der Waals surface area contributed by atoms with Crippen molar-refractivity contribution >= 4 is 27.5 Å². The third-order valence-corrected chi connectivity index (χ3v) is 8.08. The second-order valence-corrected chi connectivity index (χ2v) is 11.7. The summed E-state index contributed by atoms with van der Waals surface area (Å²) in [4.78, 5) is 14.7. The number of aromatic nitrogens is 3. The van der Waals surface area contributed by atoms with Crippen LogP contribution in [0.4, 0.5) is 0 Å². The average Bonchev–Trinajstić information content (AvgIpc) is 3.53. The predicted octanol–water partition coefficient (Wildman–Crippen LogP) is 2.25. The smallest absolute Gasteiger partial charge is 0.233 e. The molecule has 1 aromatic heterocycles. The molecule has 27 heavy (non-hydrogen) atoms. The Kier molecular flexibility index (Phi) is 5.26. The van der Waals surface area contributed by atoms with Gasteiger partial charge in [-0.1, -0.05) is 25.6 Å². The van der Waals surface area contributed by atoms with Crippen LogP contribution in [0.3, 0.4) is 0 Å². The number of nitrogens with zero attached hydrogens (tertiary/aromatic N) is 4. The molecule has 4 rings (SSSR count). The van der Waals surface area contributed by atoms with Crippen molar-refractivity contribution in [2.45, 2.75) is 69.1 Å². The first-order valence-electron chi connectivity index (χ1n) is 9.91. The highest BCUT2D eigenvalue weighted by atomic mass is 32.2. The summed E-state index contributed by atoms with van der Waals surface area (Å²) in [5.41, 5.74) is 0. The van der Waals surface area contributed by atoms with Crippen molar-refractivity contribution < 1.29 is 13.2 Å². The molecule has 7 nitrogen and oxygen atoms in total. The minimum absolute atomic E-state index is 0.00844. The Hall–Kier alpha value is -1.09. The molecule has 0 aromatic carbocycles. The Bertz CT molecular complexity index is 813. The lowest BCUT2D eigenvalue weighted by atomic mass is 10.1. The van der Waals surface area contributed by atoms with Gasteiger partial charge < -0.3 is 9.47 Å². The van der Waals surface area contributed by atoms with Gasteiger partial charge in [-0.25, -0.2) is 8.42 Å². The molecule has 1 aliphatic heterocycles. The normalized spacial score (nSPS) is 24.5. The van der Waals surface area contributed by atoms with Crippen LogP contribution in [0.5, 0.6) is 0 Å². The van der Waals surface area contributed by atoms with Gasteiger partial charge in [0.1, 0.15) is 5.82 Å². The largest absolute Gasteiger partial charge is 0.338 e. The zero-order valence-electron chi connectivity index (χ0n) is 16.0. The molecule has 0 bridgehead atoms. The first-order valence-corrected chi connectivity index (χ1v) is 12.7. The lowest BCUT2D eigenvalue weighted by molar-refractivity contribution is -0.130. The molecule has 1 saturated heterocycles. The molecule has 2 heterocycles. The number of sulfone groups is 1. The monoisotopic (exact) mass is 412 g/mol. The Morgan fingerprint density at radius 3 is 2.52 bits per heavy atom. The van der Waals surface area contributed by atoms with Gasteiger partial charge in [-0.05, 0) is 38.0 Å². The van der Waals surface area contributed by atoms with Gasteiger partial charge in [0.25, 0.3) is 0 Å². The molecule has 3 fully saturated rings. The van der Waals surface area contributed by atoms with E-state index in [1.165, 1.54) is 37.4 Å². The van der Waals surface area contributed by atoms with Gasteiger partial charge in [0.05, 0.1) is 17.3 Å². The maximum atomic E-state index is 13.0. The van der Waals surface area contributed by atoms with E-state index >= 15 is 0 Å². The summed E-state index contributed by atoms with van der Waals surface area (Å²) in [6.07, 6.45) is 5.26. The fraction of sp³-hybridized carbons (Fsp3) is 0.833. The topological polar surface area (TPSA) is 85.2 Å². The van der Waals surface area contributed by atoms with E-state index in [1.807, 2.05) is 0 Å². The van der Waals surface area contributed by atoms with E-state index < -0.39 is 9.84 Å². The Morgan fingerprint density at radius 1 is 1.22 bits per heavy atom. The van der Waals surface area contributed by atoms with E-state index in [-0.39, 0.29) is 23.5 Å². The van der Waals surface area contributed by atoms with E-state index in [1.54, 1.807) is 4.90 Å². The summed E-state index contributed by atoms with van der Waals surface area (Å²) in [5, 5.41) is 9.60. The first-order chi connectivity index (χ1) is 12.8. The van der Waals surface area contributed by atoms with Crippen LogP contribution in [0.2, 0.25) is 0 Å². The van der Waals surface area contributed by atoms with Crippen molar-refractivity contribution in [2.24, 2.45) is 5.92 Å². The quantitative estimate of drug-likeness (QED) is 0.609. The molecule has 9 heteroatoms. The van der Waals surface area contributed by atoms with Gasteiger partial charge in [0.2, 0.25) is 5.91 Å². The number of hydrogen-bond donors (Lipinski definition) is 0. The van der Waals surface area contributed by atoms with E-state index in [0.29, 0.717) is 36.6 Å². The molecule has 150 valence electrons. The van der Waals surface area contributed by atoms with Crippen molar-refractivity contribution in [1.82, 2.24) is 19.7 Å². The van der Waals surface area contributed by atoms with Crippen molar-refractivity contribution in [1.29, 1.82) is 0 Å². The minimum atomic E-state index is -3.01. The van der Waals surface area contributed by atoms with Crippen molar-refractivity contribution in [3.8, 4) is 0 Å². The molecule has 0 N–H and O–H groups in total. The van der Waals surface area contributed by atoms with Gasteiger partial charge in [-0.3, -0.25) is 4.79 Å². The van der Waals surface area contributed by atoms with E-state index in [2.05, 4.69) is 28.6 Å². The fourth-order valence-electron chi connectivity index (χ4n) is 3.76. The summed E-state index contributed by atoms with van der Waals surface area (Å²) in [6, 6.07) is 0.314. The molecular weight excluding hydrogens is 384 g/mol. The lowest BCUT2D eigenvalue weighted by Crippen LogP contribution is -2.44. The lowest BCUT2D eigenvalue weighted by Gasteiger charge is -2.29. The second-order valence-electron chi connectivity index (χ2n) is 8.50. The predicted molar refractivity (Wildman–Crippen MR) is 105 cm³/mol. The van der Waals surface area contributed by atoms with Crippen LogP contribution >= 0.6 is 11.8 Å². The van der Waals surface area contributed by atoms with Gasteiger partial charge in [-0.15, -0.1) is 10.2 Å². The average molecular weight is 413 g/mol. The third kappa shape index (κ3) is 4.50. The summed E-state index contributed by atoms with van der Waals surface area (Å²) in [5.74, 6) is 2.53. The van der Waals surface area contributed by atoms with Crippen LogP contribution in [0, 0.1) is 5.92 Å². The maximum Gasteiger partial charge on any atom is 0.233 e. The number of hydrogen-bond acceptors (Lipinski definition) is 6. The number of rotatable bonds is 8. The van der Waals surface area contributed by atoms with Crippen molar-refractivity contribution in [2.75, 3.05) is 23.8 Å². The molecule has 1 amide bonds. The highest BCUT2D eigenvalue weighted by Gasteiger charge is 2.37. The molecule has 1 atom stereocenters. The maximum absolute atomic E-state index is 13.0. The van der Waals surface area contributed by atoms with Crippen LogP contribution in [0.1, 0.15) is 63.7 Å². The van der Waals surface area contributed by atoms with Crippen LogP contribution in [-0.2, 0) is 14.6 Å². The van der Waals surface area contributed by atoms with E-state index in [0.717, 1.165) is 11.0 Å². The third-order valence-electron chi connectivity index (χ3n) is 5.40. The highest BCUT2D eigenvalue weighted by Crippen LogP contribution is 2.46. The summed E-state index contributed by atoms with van der Waals surface area (Å²) >= 11 is 1.45. The van der Waals surface area contributed by atoms with Crippen LogP contribution < -0.4 is 0 Å². The summed E-state index contributed by atoms with van der Waals surface area (Å²) in [7, 11) is -3.01. The zero-order valence-corrected chi connectivity index (χ0v) is 17.6. The molecule has 2 saturated carbocycles. The van der Waals surface area contributed by atoms with Crippen LogP contribution in [0.15, 0.2) is 5.16 Å². The first kappa shape index (κ1) is 19.2. The Morgan fingerprint density at radius 2 is 1.96 bits per heavy atom. The summed E-state index contributed by atoms with van der Waals surface area (Å²) < 4.78 is 26.0. The highest BCUT2D eigenvalue weighted by molar-refractivity contribution is 7.99. The molecular formula is C18H28N4O3S2. The standard InChI is InChI=1S/C18H28N4O3S2/c1-12(2)9-21(15-7-8-27(24,25)11-15)16(23)10-26-18-20-19-17(13-3-4-13)22(18)14-5-6-14/h12-15H,3-11H2,1-2H3. The van der Waals surface area contributed by atoms with Gasteiger partial charge in [-0.2, -0.15) is 0 Å². The van der Waals surface area contributed by atoms with Gasteiger partial charge in [0, 0.05) is 24.5 Å². The zero-order chi connectivity index (χ0) is 19.2. The fourth-order valence-corrected chi connectivity index (χ4v) is 6.39. The van der Waals surface area contributed by atoms with Crippen molar-refractivity contribution in [3.63, 3.8) is 0 Å². The molecule has 0 spiro atoms. The van der Waals surface area contributed by atoms with E-state index in [4.69, 9.17) is 0 Å². The SMILES string of the molecule is CC(C)CN(C(=O)CSc1nnc(C2CC2)n1C1CC1)C1CCS(=O)(=O)C1. The minimum Gasteiger partial charge on any atom is -0.338 e. The molecule has 2 aliphatic carbocycles. The molecule has 0 radical (unpaired) electrons. The Labute approximate surface area is 165 Å². The second kappa shape index (κ2) is 7.39. The molecule has 3 aliphatic rings. The van der Waals surface area contributed by atoms with Gasteiger partial charge in [0.15, 0.2) is 15.0 Å². The number of thioether (sulfide) groups is 1. The Balaban J connectivity index is 1.44. The number of carbonyl (C=O) groups is 1. The number of amides is 1. The number of carbonyl (C=O) groups excluding carboxylic acids is 1. The molecule has 1 unspecified atom stereocenters.